The van der Waals surface area contributed by atoms with Gasteiger partial charge < -0.3 is 4.90 Å². The first-order valence-electron chi connectivity index (χ1n) is 9.01. The Morgan fingerprint density at radius 2 is 2.03 bits per heavy atom. The fourth-order valence-corrected chi connectivity index (χ4v) is 4.09. The molecule has 0 saturated heterocycles. The fourth-order valence-electron chi connectivity index (χ4n) is 3.08. The van der Waals surface area contributed by atoms with Gasteiger partial charge in [0, 0.05) is 38.0 Å². The molecule has 0 radical (unpaired) electrons. The molecule has 0 spiro atoms. The lowest BCUT2D eigenvalue weighted by Crippen LogP contribution is -2.27. The van der Waals surface area contributed by atoms with Crippen molar-refractivity contribution in [2.75, 3.05) is 7.05 Å². The molecule has 12 heteroatoms. The van der Waals surface area contributed by atoms with Crippen LogP contribution < -0.4 is 0 Å². The van der Waals surface area contributed by atoms with Gasteiger partial charge in [-0.1, -0.05) is 11.6 Å². The van der Waals surface area contributed by atoms with E-state index in [4.69, 9.17) is 11.6 Å². The van der Waals surface area contributed by atoms with E-state index < -0.39 is 17.8 Å². The van der Waals surface area contributed by atoms with Crippen molar-refractivity contribution in [1.82, 2.24) is 29.3 Å². The van der Waals surface area contributed by atoms with E-state index in [1.165, 1.54) is 11.0 Å². The lowest BCUT2D eigenvalue weighted by atomic mass is 10.2. The van der Waals surface area contributed by atoms with Crippen LogP contribution in [-0.2, 0) is 19.8 Å². The molecule has 0 saturated carbocycles. The third-order valence-electron chi connectivity index (χ3n) is 4.85. The van der Waals surface area contributed by atoms with Crippen LogP contribution in [0.1, 0.15) is 27.4 Å². The number of hydrogen-bond donors (Lipinski definition) is 0. The summed E-state index contributed by atoms with van der Waals surface area (Å²) in [4.78, 5) is 19.0. The number of rotatable bonds is 4. The summed E-state index contributed by atoms with van der Waals surface area (Å²) in [5.74, 6) is -0.525. The maximum Gasteiger partial charge on any atom is 0.433 e. The summed E-state index contributed by atoms with van der Waals surface area (Å²) in [6.45, 7) is 2.11. The van der Waals surface area contributed by atoms with Crippen molar-refractivity contribution in [3.8, 4) is 10.6 Å². The van der Waals surface area contributed by atoms with Crippen LogP contribution in [0.5, 0.6) is 0 Å². The second-order valence-corrected chi connectivity index (χ2v) is 8.68. The van der Waals surface area contributed by atoms with Gasteiger partial charge in [-0.2, -0.15) is 23.4 Å². The fraction of sp³-hybridized carbons (Fsp3) is 0.263. The smallest absolute Gasteiger partial charge is 0.336 e. The average Bonchev–Trinajstić information content (AvgIpc) is 3.40. The minimum absolute atomic E-state index is 0.0799. The van der Waals surface area contributed by atoms with Crippen molar-refractivity contribution in [1.29, 1.82) is 0 Å². The summed E-state index contributed by atoms with van der Waals surface area (Å²) in [5.41, 5.74) is 0.576. The van der Waals surface area contributed by atoms with Crippen molar-refractivity contribution < 1.29 is 18.0 Å². The lowest BCUT2D eigenvalue weighted by molar-refractivity contribution is -0.142. The number of aryl methyl sites for hydroxylation is 1. The molecule has 0 aliphatic rings. The van der Waals surface area contributed by atoms with Crippen LogP contribution in [0.2, 0.25) is 4.34 Å². The molecule has 0 aliphatic carbocycles. The second-order valence-electron chi connectivity index (χ2n) is 6.97. The van der Waals surface area contributed by atoms with Gasteiger partial charge in [-0.05, 0) is 25.1 Å². The Morgan fingerprint density at radius 1 is 1.29 bits per heavy atom. The lowest BCUT2D eigenvalue weighted by Gasteiger charge is -2.15. The van der Waals surface area contributed by atoms with Crippen LogP contribution in [-0.4, -0.2) is 42.2 Å². The maximum atomic E-state index is 13.7. The predicted molar refractivity (Wildman–Crippen MR) is 110 cm³/mol. The number of alkyl halides is 3. The van der Waals surface area contributed by atoms with Gasteiger partial charge >= 0.3 is 6.18 Å². The van der Waals surface area contributed by atoms with E-state index in [2.05, 4.69) is 15.2 Å². The molecule has 4 rings (SSSR count). The molecule has 4 aromatic heterocycles. The van der Waals surface area contributed by atoms with E-state index in [1.807, 2.05) is 6.92 Å². The van der Waals surface area contributed by atoms with E-state index in [1.54, 1.807) is 37.1 Å². The zero-order chi connectivity index (χ0) is 22.5. The number of carbonyl (C=O) groups is 1. The highest BCUT2D eigenvalue weighted by atomic mass is 35.5. The zero-order valence-electron chi connectivity index (χ0n) is 16.6. The van der Waals surface area contributed by atoms with Crippen LogP contribution in [0.25, 0.3) is 16.2 Å². The molecule has 0 aliphatic heterocycles. The highest BCUT2D eigenvalue weighted by Gasteiger charge is 2.36. The molecule has 4 heterocycles. The summed E-state index contributed by atoms with van der Waals surface area (Å²) >= 11 is 7.03. The first-order valence-corrected chi connectivity index (χ1v) is 10.2. The number of carbonyl (C=O) groups excluding carboxylic acids is 1. The largest absolute Gasteiger partial charge is 0.433 e. The standard InChI is InChI=1S/C19H16ClF3N6OS/c1-10-11(8-24-28(10)3)9-27(2)18(30)13-7-17-25-12(14-4-5-16(20)31-14)6-15(19(21,22)23)29(17)26-13/h4-8H,9H2,1-3H3. The molecule has 7 nitrogen and oxygen atoms in total. The quantitative estimate of drug-likeness (QED) is 0.444. The molecule has 0 atom stereocenters. The topological polar surface area (TPSA) is 68.3 Å². The normalized spacial score (nSPS) is 12.0. The summed E-state index contributed by atoms with van der Waals surface area (Å²) < 4.78 is 43.9. The first-order chi connectivity index (χ1) is 14.5. The summed E-state index contributed by atoms with van der Waals surface area (Å²) in [6.07, 6.45) is -3.05. The van der Waals surface area contributed by atoms with Gasteiger partial charge in [0.15, 0.2) is 17.0 Å². The molecule has 1 amide bonds. The Bertz CT molecular complexity index is 1290. The predicted octanol–water partition coefficient (Wildman–Crippen LogP) is 4.44. The van der Waals surface area contributed by atoms with Gasteiger partial charge in [-0.3, -0.25) is 9.48 Å². The number of halogens is 4. The number of nitrogens with zero attached hydrogens (tertiary/aromatic N) is 6. The minimum atomic E-state index is -4.69. The summed E-state index contributed by atoms with van der Waals surface area (Å²) in [5, 5.41) is 8.04. The number of hydrogen-bond acceptors (Lipinski definition) is 5. The average molecular weight is 469 g/mol. The molecule has 0 N–H and O–H groups in total. The summed E-state index contributed by atoms with van der Waals surface area (Å²) in [6, 6.07) is 5.34. The van der Waals surface area contributed by atoms with E-state index in [-0.39, 0.29) is 23.6 Å². The number of aromatic nitrogens is 5. The van der Waals surface area contributed by atoms with Crippen LogP contribution in [0, 0.1) is 6.92 Å². The minimum Gasteiger partial charge on any atom is -0.336 e. The molecular weight excluding hydrogens is 453 g/mol. The Hall–Kier alpha value is -2.92. The highest BCUT2D eigenvalue weighted by Crippen LogP contribution is 2.35. The first kappa shape index (κ1) is 21.3. The highest BCUT2D eigenvalue weighted by molar-refractivity contribution is 7.19. The van der Waals surface area contributed by atoms with Gasteiger partial charge in [-0.15, -0.1) is 11.3 Å². The number of amides is 1. The number of fused-ring (bicyclic) bond motifs is 1. The van der Waals surface area contributed by atoms with Crippen molar-refractivity contribution >= 4 is 34.5 Å². The van der Waals surface area contributed by atoms with Gasteiger partial charge in [0.25, 0.3) is 5.91 Å². The Kier molecular flexibility index (Phi) is 5.26. The monoisotopic (exact) mass is 468 g/mol. The van der Waals surface area contributed by atoms with Crippen LogP contribution >= 0.6 is 22.9 Å². The third kappa shape index (κ3) is 4.02. The van der Waals surface area contributed by atoms with E-state index in [0.717, 1.165) is 28.7 Å². The van der Waals surface area contributed by atoms with Gasteiger partial charge in [-0.25, -0.2) is 9.50 Å². The van der Waals surface area contributed by atoms with Crippen molar-refractivity contribution in [3.05, 3.63) is 57.4 Å². The molecule has 0 fully saturated rings. The van der Waals surface area contributed by atoms with Crippen LogP contribution in [0.15, 0.2) is 30.5 Å². The van der Waals surface area contributed by atoms with Gasteiger partial charge in [0.2, 0.25) is 0 Å². The molecule has 162 valence electrons. The third-order valence-corrected chi connectivity index (χ3v) is 6.11. The van der Waals surface area contributed by atoms with Crippen LogP contribution in [0.3, 0.4) is 0 Å². The molecule has 0 bridgehead atoms. The van der Waals surface area contributed by atoms with Gasteiger partial charge in [0.05, 0.1) is 21.1 Å². The van der Waals surface area contributed by atoms with E-state index in [0.29, 0.717) is 13.7 Å². The van der Waals surface area contributed by atoms with E-state index >= 15 is 0 Å². The van der Waals surface area contributed by atoms with Crippen LogP contribution in [0.4, 0.5) is 13.2 Å². The Labute approximate surface area is 183 Å². The molecule has 0 unspecified atom stereocenters. The molecular formula is C19H16ClF3N6OS. The van der Waals surface area contributed by atoms with E-state index in [9.17, 15) is 18.0 Å². The Balaban J connectivity index is 1.74. The van der Waals surface area contributed by atoms with Crippen molar-refractivity contribution in [2.45, 2.75) is 19.6 Å². The maximum absolute atomic E-state index is 13.7. The van der Waals surface area contributed by atoms with Crippen molar-refractivity contribution in [2.24, 2.45) is 7.05 Å². The summed E-state index contributed by atoms with van der Waals surface area (Å²) in [7, 11) is 3.33. The van der Waals surface area contributed by atoms with Crippen molar-refractivity contribution in [3.63, 3.8) is 0 Å². The molecule has 31 heavy (non-hydrogen) atoms. The number of thiophene rings is 1. The van der Waals surface area contributed by atoms with Gasteiger partial charge in [0.1, 0.15) is 0 Å². The molecule has 0 aromatic carbocycles. The SMILES string of the molecule is Cc1c(CN(C)C(=O)c2cc3nc(-c4ccc(Cl)s4)cc(C(F)(F)F)n3n2)cnn1C. The Morgan fingerprint density at radius 3 is 2.61 bits per heavy atom. The second kappa shape index (κ2) is 7.65. The zero-order valence-corrected chi connectivity index (χ0v) is 18.2. The molecule has 4 aromatic rings.